The number of hydrogen-bond acceptors (Lipinski definition) is 5. The number of sulfone groups is 1. The molecule has 0 fully saturated rings. The first-order chi connectivity index (χ1) is 5.99. The molecule has 0 aliphatic heterocycles. The van der Waals surface area contributed by atoms with Crippen LogP contribution >= 0.6 is 11.3 Å². The van der Waals surface area contributed by atoms with Gasteiger partial charge in [-0.3, -0.25) is 4.98 Å². The Morgan fingerprint density at radius 3 is 2.85 bits per heavy atom. The quantitative estimate of drug-likeness (QED) is 0.797. The lowest BCUT2D eigenvalue weighted by atomic mass is 10.4. The second-order valence-corrected chi connectivity index (χ2v) is 6.08. The van der Waals surface area contributed by atoms with Gasteiger partial charge in [-0.2, -0.15) is 0 Å². The summed E-state index contributed by atoms with van der Waals surface area (Å²) >= 11 is 1.35. The van der Waals surface area contributed by atoms with Gasteiger partial charge in [0.2, 0.25) is 0 Å². The van der Waals surface area contributed by atoms with E-state index in [4.69, 9.17) is 5.73 Å². The molecule has 0 radical (unpaired) electrons. The Hall–Kier alpha value is -0.460. The molecule has 1 unspecified atom stereocenters. The third-order valence-electron chi connectivity index (χ3n) is 1.36. The van der Waals surface area contributed by atoms with Gasteiger partial charge in [0.1, 0.15) is 0 Å². The van der Waals surface area contributed by atoms with Crippen molar-refractivity contribution in [2.24, 2.45) is 5.73 Å². The normalized spacial score (nSPS) is 14.3. The Kier molecular flexibility index (Phi) is 3.40. The van der Waals surface area contributed by atoms with E-state index in [1.807, 2.05) is 0 Å². The topological polar surface area (TPSA) is 73.1 Å². The first-order valence-electron chi connectivity index (χ1n) is 3.83. The number of thiazole rings is 1. The van der Waals surface area contributed by atoms with Gasteiger partial charge in [-0.15, -0.1) is 11.3 Å². The largest absolute Gasteiger partial charge is 0.327 e. The van der Waals surface area contributed by atoms with Crippen LogP contribution in [0.2, 0.25) is 0 Å². The molecule has 0 saturated heterocycles. The van der Waals surface area contributed by atoms with Crippen molar-refractivity contribution in [3.63, 3.8) is 0 Å². The summed E-state index contributed by atoms with van der Waals surface area (Å²) in [4.78, 5) is 4.57. The van der Waals surface area contributed by atoms with Crippen LogP contribution in [0.3, 0.4) is 0 Å². The highest BCUT2D eigenvalue weighted by atomic mass is 32.2. The first-order valence-corrected chi connectivity index (χ1v) is 6.53. The van der Waals surface area contributed by atoms with E-state index < -0.39 is 9.84 Å². The molecule has 1 atom stereocenters. The average molecular weight is 220 g/mol. The Bertz CT molecular complexity index is 343. The van der Waals surface area contributed by atoms with E-state index in [-0.39, 0.29) is 17.5 Å². The van der Waals surface area contributed by atoms with E-state index in [0.717, 1.165) is 4.88 Å². The van der Waals surface area contributed by atoms with Crippen molar-refractivity contribution in [3.8, 4) is 0 Å². The first kappa shape index (κ1) is 10.6. The van der Waals surface area contributed by atoms with Crippen LogP contribution in [-0.2, 0) is 15.6 Å². The Balaban J connectivity index is 2.63. The Morgan fingerprint density at radius 1 is 1.69 bits per heavy atom. The van der Waals surface area contributed by atoms with E-state index in [1.54, 1.807) is 18.6 Å². The third-order valence-corrected chi connectivity index (χ3v) is 4.11. The molecule has 0 amide bonds. The van der Waals surface area contributed by atoms with Crippen LogP contribution < -0.4 is 5.73 Å². The molecule has 74 valence electrons. The van der Waals surface area contributed by atoms with E-state index >= 15 is 0 Å². The molecule has 13 heavy (non-hydrogen) atoms. The predicted molar refractivity (Wildman–Crippen MR) is 53.3 cm³/mol. The molecule has 0 aliphatic rings. The van der Waals surface area contributed by atoms with Gasteiger partial charge in [0.25, 0.3) is 0 Å². The van der Waals surface area contributed by atoms with Crippen LogP contribution in [0.25, 0.3) is 0 Å². The van der Waals surface area contributed by atoms with Gasteiger partial charge in [0, 0.05) is 17.1 Å². The van der Waals surface area contributed by atoms with Gasteiger partial charge in [0.05, 0.1) is 17.0 Å². The lowest BCUT2D eigenvalue weighted by molar-refractivity contribution is 0.589. The molecular formula is C7H12N2O2S2. The van der Waals surface area contributed by atoms with Gasteiger partial charge in [0.15, 0.2) is 9.84 Å². The second kappa shape index (κ2) is 4.17. The minimum Gasteiger partial charge on any atom is -0.327 e. The number of hydrogen-bond donors (Lipinski definition) is 1. The van der Waals surface area contributed by atoms with Gasteiger partial charge in [-0.25, -0.2) is 8.42 Å². The third kappa shape index (κ3) is 3.84. The van der Waals surface area contributed by atoms with Crippen molar-refractivity contribution in [1.29, 1.82) is 0 Å². The molecule has 1 aromatic heterocycles. The zero-order valence-electron chi connectivity index (χ0n) is 7.30. The lowest BCUT2D eigenvalue weighted by Crippen LogP contribution is -2.26. The van der Waals surface area contributed by atoms with Crippen LogP contribution in [-0.4, -0.2) is 25.2 Å². The van der Waals surface area contributed by atoms with E-state index in [2.05, 4.69) is 4.98 Å². The number of rotatable bonds is 4. The van der Waals surface area contributed by atoms with E-state index in [0.29, 0.717) is 0 Å². The maximum absolute atomic E-state index is 11.4. The van der Waals surface area contributed by atoms with Crippen molar-refractivity contribution in [1.82, 2.24) is 4.98 Å². The van der Waals surface area contributed by atoms with E-state index in [9.17, 15) is 8.42 Å². The highest BCUT2D eigenvalue weighted by molar-refractivity contribution is 7.90. The number of aromatic nitrogens is 1. The van der Waals surface area contributed by atoms with Gasteiger partial charge < -0.3 is 5.73 Å². The Morgan fingerprint density at radius 2 is 2.38 bits per heavy atom. The summed E-state index contributed by atoms with van der Waals surface area (Å²) in [6.45, 7) is 1.68. The SMILES string of the molecule is CC(N)CS(=O)(=O)Cc1cncs1. The predicted octanol–water partition coefficient (Wildman–Crippen LogP) is 0.405. The summed E-state index contributed by atoms with van der Waals surface area (Å²) in [5.41, 5.74) is 7.04. The molecule has 6 heteroatoms. The van der Waals surface area contributed by atoms with Crippen molar-refractivity contribution in [2.45, 2.75) is 18.7 Å². The minimum absolute atomic E-state index is 0.0326. The molecule has 1 heterocycles. The van der Waals surface area contributed by atoms with Gasteiger partial charge in [-0.1, -0.05) is 0 Å². The standard InChI is InChI=1S/C7H12N2O2S2/c1-6(8)3-13(10,11)4-7-2-9-5-12-7/h2,5-6H,3-4,8H2,1H3. The molecular weight excluding hydrogens is 208 g/mol. The fourth-order valence-corrected chi connectivity index (χ4v) is 3.61. The van der Waals surface area contributed by atoms with Crippen LogP contribution in [0.5, 0.6) is 0 Å². The fourth-order valence-electron chi connectivity index (χ4n) is 0.990. The molecule has 4 nitrogen and oxygen atoms in total. The van der Waals surface area contributed by atoms with Crippen LogP contribution in [0.1, 0.15) is 11.8 Å². The van der Waals surface area contributed by atoms with Crippen molar-refractivity contribution in [3.05, 3.63) is 16.6 Å². The van der Waals surface area contributed by atoms with E-state index in [1.165, 1.54) is 11.3 Å². The molecule has 0 spiro atoms. The second-order valence-electron chi connectivity index (χ2n) is 3.00. The Labute approximate surface area is 81.7 Å². The maximum Gasteiger partial charge on any atom is 0.156 e. The summed E-state index contributed by atoms with van der Waals surface area (Å²) in [7, 11) is -3.06. The average Bonchev–Trinajstić information content (AvgIpc) is 2.34. The number of nitrogens with two attached hydrogens (primary N) is 1. The maximum atomic E-state index is 11.4. The number of nitrogens with zero attached hydrogens (tertiary/aromatic N) is 1. The minimum atomic E-state index is -3.06. The summed E-state index contributed by atoms with van der Waals surface area (Å²) in [5, 5.41) is 0. The van der Waals surface area contributed by atoms with Crippen LogP contribution in [0, 0.1) is 0 Å². The zero-order chi connectivity index (χ0) is 9.90. The summed E-state index contributed by atoms with van der Waals surface area (Å²) in [6, 6.07) is -0.307. The lowest BCUT2D eigenvalue weighted by Gasteiger charge is -2.04. The zero-order valence-corrected chi connectivity index (χ0v) is 8.94. The molecule has 1 rings (SSSR count). The van der Waals surface area contributed by atoms with Gasteiger partial charge in [-0.05, 0) is 6.92 Å². The van der Waals surface area contributed by atoms with Crippen LogP contribution in [0.4, 0.5) is 0 Å². The van der Waals surface area contributed by atoms with Crippen LogP contribution in [0.15, 0.2) is 11.7 Å². The molecule has 0 saturated carbocycles. The monoisotopic (exact) mass is 220 g/mol. The highest BCUT2D eigenvalue weighted by Crippen LogP contribution is 2.11. The highest BCUT2D eigenvalue weighted by Gasteiger charge is 2.14. The summed E-state index contributed by atoms with van der Waals surface area (Å²) in [5.74, 6) is 0.0874. The van der Waals surface area contributed by atoms with Crippen molar-refractivity contribution >= 4 is 21.2 Å². The van der Waals surface area contributed by atoms with Crippen molar-refractivity contribution < 1.29 is 8.42 Å². The van der Waals surface area contributed by atoms with Crippen molar-refractivity contribution in [2.75, 3.05) is 5.75 Å². The molecule has 2 N–H and O–H groups in total. The smallest absolute Gasteiger partial charge is 0.156 e. The molecule has 0 aliphatic carbocycles. The molecule has 0 bridgehead atoms. The fraction of sp³-hybridized carbons (Fsp3) is 0.571. The van der Waals surface area contributed by atoms with Gasteiger partial charge >= 0.3 is 0 Å². The summed E-state index contributed by atoms with van der Waals surface area (Å²) in [6.07, 6.45) is 1.57. The summed E-state index contributed by atoms with van der Waals surface area (Å²) < 4.78 is 22.8. The molecule has 0 aromatic carbocycles. The molecule has 1 aromatic rings.